The summed E-state index contributed by atoms with van der Waals surface area (Å²) in [4.78, 5) is 4.65. The largest absolute Gasteiger partial charge is 0.376 e. The summed E-state index contributed by atoms with van der Waals surface area (Å²) in [5, 5.41) is 0.807. The number of aromatic nitrogens is 1. The van der Waals surface area contributed by atoms with Crippen molar-refractivity contribution >= 4 is 31.8 Å². The van der Waals surface area contributed by atoms with E-state index in [1.54, 1.807) is 32.7 Å². The molecule has 2 rings (SSSR count). The minimum atomic E-state index is -0.916. The van der Waals surface area contributed by atoms with Crippen molar-refractivity contribution in [3.05, 3.63) is 29.3 Å². The van der Waals surface area contributed by atoms with Crippen molar-refractivity contribution in [2.75, 3.05) is 21.3 Å². The topological polar surface area (TPSA) is 40.6 Å². The maximum absolute atomic E-state index is 5.67. The molecule has 1 atom stereocenters. The number of para-hydroxylation sites is 1. The molecule has 0 saturated heterocycles. The Balaban J connectivity index is 2.54. The Bertz CT molecular complexity index is 504. The van der Waals surface area contributed by atoms with Crippen LogP contribution in [0.25, 0.3) is 10.2 Å². The molecule has 19 heavy (non-hydrogen) atoms. The van der Waals surface area contributed by atoms with Crippen LogP contribution in [0.2, 0.25) is 6.04 Å². The maximum atomic E-state index is 5.67. The Labute approximate surface area is 120 Å². The number of hydrogen-bond acceptors (Lipinski definition) is 5. The summed E-state index contributed by atoms with van der Waals surface area (Å²) >= 11 is 1.59. The third-order valence-corrected chi connectivity index (χ3v) is 5.15. The molecule has 1 unspecified atom stereocenters. The van der Waals surface area contributed by atoms with Gasteiger partial charge in [0, 0.05) is 31.6 Å². The fraction of sp³-hybridized carbons (Fsp3) is 0.462. The second-order valence-electron chi connectivity index (χ2n) is 4.20. The van der Waals surface area contributed by atoms with Gasteiger partial charge in [-0.2, -0.15) is 0 Å². The van der Waals surface area contributed by atoms with Gasteiger partial charge >= 0.3 is 0 Å². The van der Waals surface area contributed by atoms with Crippen molar-refractivity contribution in [1.29, 1.82) is 0 Å². The molecule has 0 aliphatic rings. The van der Waals surface area contributed by atoms with Gasteiger partial charge in [-0.05, 0) is 18.2 Å². The lowest BCUT2D eigenvalue weighted by atomic mass is 10.1. The Hall–Kier alpha value is -0.793. The van der Waals surface area contributed by atoms with Crippen molar-refractivity contribution in [3.63, 3.8) is 0 Å². The minimum Gasteiger partial charge on any atom is -0.376 e. The summed E-state index contributed by atoms with van der Waals surface area (Å²) in [6.45, 7) is 0. The maximum Gasteiger partial charge on any atom is 0.248 e. The number of rotatable bonds is 6. The van der Waals surface area contributed by atoms with Gasteiger partial charge in [-0.25, -0.2) is 4.98 Å². The quantitative estimate of drug-likeness (QED) is 0.599. The highest BCUT2D eigenvalue weighted by Gasteiger charge is 2.43. The van der Waals surface area contributed by atoms with Crippen LogP contribution in [0.15, 0.2) is 24.3 Å². The van der Waals surface area contributed by atoms with E-state index in [9.17, 15) is 0 Å². The average molecular weight is 297 g/mol. The van der Waals surface area contributed by atoms with Crippen molar-refractivity contribution in [2.45, 2.75) is 17.9 Å². The molecule has 0 N–H and O–H groups in total. The summed E-state index contributed by atoms with van der Waals surface area (Å²) in [5.41, 5.74) is 0.962. The SMILES string of the molecule is COC(C[SiH3])C(OC)(OC)c1nc2ccccc2s1. The highest BCUT2D eigenvalue weighted by atomic mass is 32.1. The molecule has 0 bridgehead atoms. The number of ether oxygens (including phenoxy) is 3. The first kappa shape index (κ1) is 14.6. The van der Waals surface area contributed by atoms with Crippen molar-refractivity contribution in [1.82, 2.24) is 4.98 Å². The van der Waals surface area contributed by atoms with E-state index in [0.717, 1.165) is 31.5 Å². The lowest BCUT2D eigenvalue weighted by Gasteiger charge is -2.34. The molecule has 1 aromatic carbocycles. The molecule has 0 radical (unpaired) electrons. The first-order chi connectivity index (χ1) is 9.21. The molecular formula is C13H19NO3SSi. The summed E-state index contributed by atoms with van der Waals surface area (Å²) in [6.07, 6.45) is -0.144. The highest BCUT2D eigenvalue weighted by molar-refractivity contribution is 7.18. The Morgan fingerprint density at radius 3 is 2.47 bits per heavy atom. The smallest absolute Gasteiger partial charge is 0.248 e. The first-order valence-electron chi connectivity index (χ1n) is 6.21. The van der Waals surface area contributed by atoms with Crippen molar-refractivity contribution in [3.8, 4) is 0 Å². The third-order valence-electron chi connectivity index (χ3n) is 3.28. The molecule has 4 nitrogen and oxygen atoms in total. The van der Waals surface area contributed by atoms with E-state index in [2.05, 4.69) is 11.1 Å². The van der Waals surface area contributed by atoms with Gasteiger partial charge in [-0.1, -0.05) is 12.1 Å². The van der Waals surface area contributed by atoms with Crippen molar-refractivity contribution < 1.29 is 14.2 Å². The number of fused-ring (bicyclic) bond motifs is 1. The fourth-order valence-corrected chi connectivity index (χ4v) is 4.30. The standard InChI is InChI=1S/C13H19NO3SSi/c1-15-11(8-19)13(16-2,17-3)12-14-9-6-4-5-7-10(9)18-12/h4-7,11H,8H2,1-3,19H3. The predicted molar refractivity (Wildman–Crippen MR) is 80.9 cm³/mol. The zero-order valence-corrected chi connectivity index (χ0v) is 14.5. The van der Waals surface area contributed by atoms with Crippen LogP contribution in [-0.2, 0) is 20.0 Å². The van der Waals surface area contributed by atoms with Gasteiger partial charge in [-0.15, -0.1) is 11.3 Å². The molecule has 1 aromatic heterocycles. The molecule has 0 fully saturated rings. The highest BCUT2D eigenvalue weighted by Crippen LogP contribution is 2.37. The van der Waals surface area contributed by atoms with E-state index in [1.165, 1.54) is 0 Å². The predicted octanol–water partition coefficient (Wildman–Crippen LogP) is 1.54. The van der Waals surface area contributed by atoms with Gasteiger partial charge in [0.15, 0.2) is 5.01 Å². The van der Waals surface area contributed by atoms with E-state index >= 15 is 0 Å². The Morgan fingerprint density at radius 2 is 1.95 bits per heavy atom. The van der Waals surface area contributed by atoms with Gasteiger partial charge in [0.2, 0.25) is 5.79 Å². The fourth-order valence-electron chi connectivity index (χ4n) is 2.27. The van der Waals surface area contributed by atoms with Crippen LogP contribution < -0.4 is 0 Å². The third kappa shape index (κ3) is 2.46. The normalized spacial score (nSPS) is 14.1. The first-order valence-corrected chi connectivity index (χ1v) is 8.44. The second-order valence-corrected chi connectivity index (χ2v) is 6.04. The average Bonchev–Trinajstić information content (AvgIpc) is 2.89. The van der Waals surface area contributed by atoms with Crippen LogP contribution in [0.4, 0.5) is 0 Å². The van der Waals surface area contributed by atoms with Crippen LogP contribution in [0, 0.1) is 0 Å². The molecule has 0 amide bonds. The zero-order chi connectivity index (χ0) is 13.9. The van der Waals surface area contributed by atoms with Gasteiger partial charge in [0.05, 0.1) is 10.2 Å². The van der Waals surface area contributed by atoms with Crippen LogP contribution in [0.3, 0.4) is 0 Å². The number of methoxy groups -OCH3 is 3. The van der Waals surface area contributed by atoms with E-state index < -0.39 is 5.79 Å². The monoisotopic (exact) mass is 297 g/mol. The van der Waals surface area contributed by atoms with E-state index in [0.29, 0.717) is 0 Å². The lowest BCUT2D eigenvalue weighted by Crippen LogP contribution is -2.44. The number of hydrogen-bond donors (Lipinski definition) is 0. The second kappa shape index (κ2) is 6.11. The molecule has 0 aliphatic heterocycles. The molecule has 6 heteroatoms. The van der Waals surface area contributed by atoms with Gasteiger partial charge < -0.3 is 14.2 Å². The molecule has 0 aliphatic carbocycles. The summed E-state index contributed by atoms with van der Waals surface area (Å²) in [6, 6.07) is 8.94. The molecule has 2 aromatic rings. The summed E-state index contributed by atoms with van der Waals surface area (Å²) < 4.78 is 18.0. The van der Waals surface area contributed by atoms with E-state index in [-0.39, 0.29) is 6.10 Å². The summed E-state index contributed by atoms with van der Waals surface area (Å²) in [7, 11) is 5.96. The number of thiazole rings is 1. The zero-order valence-electron chi connectivity index (χ0n) is 11.7. The molecule has 1 heterocycles. The van der Waals surface area contributed by atoms with Crippen molar-refractivity contribution in [2.24, 2.45) is 0 Å². The molecule has 104 valence electrons. The van der Waals surface area contributed by atoms with Gasteiger partial charge in [0.1, 0.15) is 6.10 Å². The molecule has 0 saturated carbocycles. The summed E-state index contributed by atoms with van der Waals surface area (Å²) in [5.74, 6) is -0.916. The van der Waals surface area contributed by atoms with Crippen LogP contribution in [0.5, 0.6) is 0 Å². The lowest BCUT2D eigenvalue weighted by molar-refractivity contribution is -0.269. The van der Waals surface area contributed by atoms with E-state index in [4.69, 9.17) is 14.2 Å². The Morgan fingerprint density at radius 1 is 1.26 bits per heavy atom. The van der Waals surface area contributed by atoms with Crippen LogP contribution in [-0.4, -0.2) is 42.7 Å². The van der Waals surface area contributed by atoms with Gasteiger partial charge in [-0.3, -0.25) is 0 Å². The number of nitrogens with zero attached hydrogens (tertiary/aromatic N) is 1. The van der Waals surface area contributed by atoms with Gasteiger partial charge in [0.25, 0.3) is 0 Å². The van der Waals surface area contributed by atoms with Crippen LogP contribution >= 0.6 is 11.3 Å². The molecule has 0 spiro atoms. The van der Waals surface area contributed by atoms with Crippen LogP contribution in [0.1, 0.15) is 5.01 Å². The molecular weight excluding hydrogens is 278 g/mol. The minimum absolute atomic E-state index is 0.144. The number of benzene rings is 1. The Kier molecular flexibility index (Phi) is 4.70. The van der Waals surface area contributed by atoms with E-state index in [1.807, 2.05) is 18.2 Å².